The maximum absolute atomic E-state index is 12.3. The van der Waals surface area contributed by atoms with Gasteiger partial charge in [0.25, 0.3) is 0 Å². The number of nitrogens with zero attached hydrogens (tertiary/aromatic N) is 1. The zero-order valence-corrected chi connectivity index (χ0v) is 13.6. The SMILES string of the molecule is CCC(C(=O)N(C)C)c1cccc(NC2CCCCC2)c1. The number of benzene rings is 1. The summed E-state index contributed by atoms with van der Waals surface area (Å²) < 4.78 is 0. The minimum absolute atomic E-state index is 0.0342. The second-order valence-corrected chi connectivity index (χ2v) is 6.30. The van der Waals surface area contributed by atoms with E-state index in [1.807, 2.05) is 14.1 Å². The second kappa shape index (κ2) is 7.48. The predicted octanol–water partition coefficient (Wildman–Crippen LogP) is 4.01. The fourth-order valence-electron chi connectivity index (χ4n) is 3.19. The van der Waals surface area contributed by atoms with Crippen LogP contribution in [-0.4, -0.2) is 30.9 Å². The van der Waals surface area contributed by atoms with Crippen LogP contribution in [0.2, 0.25) is 0 Å². The van der Waals surface area contributed by atoms with Crippen LogP contribution in [0.15, 0.2) is 24.3 Å². The average Bonchev–Trinajstić information content (AvgIpc) is 2.49. The first-order valence-electron chi connectivity index (χ1n) is 8.19. The first kappa shape index (κ1) is 15.9. The maximum atomic E-state index is 12.3. The predicted molar refractivity (Wildman–Crippen MR) is 88.7 cm³/mol. The number of carbonyl (C=O) groups is 1. The number of amides is 1. The molecule has 21 heavy (non-hydrogen) atoms. The Hall–Kier alpha value is -1.51. The highest BCUT2D eigenvalue weighted by Crippen LogP contribution is 2.26. The van der Waals surface area contributed by atoms with Crippen molar-refractivity contribution in [3.05, 3.63) is 29.8 Å². The minimum Gasteiger partial charge on any atom is -0.382 e. The normalized spacial score (nSPS) is 17.3. The van der Waals surface area contributed by atoms with Gasteiger partial charge >= 0.3 is 0 Å². The van der Waals surface area contributed by atoms with Gasteiger partial charge in [0.1, 0.15) is 0 Å². The molecule has 0 heterocycles. The Labute approximate surface area is 128 Å². The van der Waals surface area contributed by atoms with Crippen molar-refractivity contribution in [2.24, 2.45) is 0 Å². The topological polar surface area (TPSA) is 32.3 Å². The summed E-state index contributed by atoms with van der Waals surface area (Å²) in [6.07, 6.45) is 7.38. The molecule has 1 N–H and O–H groups in total. The number of likely N-dealkylation sites (N-methyl/N-ethyl adjacent to an activating group) is 1. The molecule has 0 spiro atoms. The molecule has 0 saturated heterocycles. The van der Waals surface area contributed by atoms with Crippen molar-refractivity contribution in [1.29, 1.82) is 0 Å². The third-order valence-corrected chi connectivity index (χ3v) is 4.41. The molecule has 2 rings (SSSR count). The monoisotopic (exact) mass is 288 g/mol. The van der Waals surface area contributed by atoms with E-state index in [2.05, 4.69) is 36.5 Å². The van der Waals surface area contributed by atoms with Gasteiger partial charge in [0.05, 0.1) is 5.92 Å². The summed E-state index contributed by atoms with van der Waals surface area (Å²) in [6.45, 7) is 2.08. The number of anilines is 1. The van der Waals surface area contributed by atoms with Crippen LogP contribution in [0.5, 0.6) is 0 Å². The van der Waals surface area contributed by atoms with Crippen molar-refractivity contribution in [3.63, 3.8) is 0 Å². The van der Waals surface area contributed by atoms with Crippen LogP contribution in [0.1, 0.15) is 56.9 Å². The zero-order chi connectivity index (χ0) is 15.2. The molecular formula is C18H28N2O. The lowest BCUT2D eigenvalue weighted by Crippen LogP contribution is -2.28. The lowest BCUT2D eigenvalue weighted by atomic mass is 9.93. The van der Waals surface area contributed by atoms with E-state index in [9.17, 15) is 4.79 Å². The lowest BCUT2D eigenvalue weighted by molar-refractivity contribution is -0.130. The van der Waals surface area contributed by atoms with E-state index >= 15 is 0 Å². The van der Waals surface area contributed by atoms with Gasteiger partial charge in [-0.25, -0.2) is 0 Å². The van der Waals surface area contributed by atoms with Gasteiger partial charge in [0.2, 0.25) is 5.91 Å². The molecule has 1 fully saturated rings. The Kier molecular flexibility index (Phi) is 5.66. The molecule has 116 valence electrons. The third kappa shape index (κ3) is 4.23. The van der Waals surface area contributed by atoms with E-state index in [-0.39, 0.29) is 11.8 Å². The van der Waals surface area contributed by atoms with Gasteiger partial charge in [0.15, 0.2) is 0 Å². The molecular weight excluding hydrogens is 260 g/mol. The minimum atomic E-state index is -0.0342. The number of rotatable bonds is 5. The molecule has 3 heteroatoms. The molecule has 0 radical (unpaired) electrons. The Balaban J connectivity index is 2.10. The van der Waals surface area contributed by atoms with E-state index < -0.39 is 0 Å². The van der Waals surface area contributed by atoms with Crippen molar-refractivity contribution >= 4 is 11.6 Å². The molecule has 0 aliphatic heterocycles. The Bertz CT molecular complexity index is 464. The summed E-state index contributed by atoms with van der Waals surface area (Å²) in [6, 6.07) is 9.00. The van der Waals surface area contributed by atoms with E-state index in [4.69, 9.17) is 0 Å². The van der Waals surface area contributed by atoms with Gasteiger partial charge in [-0.3, -0.25) is 4.79 Å². The van der Waals surface area contributed by atoms with Gasteiger partial charge in [-0.2, -0.15) is 0 Å². The number of hydrogen-bond donors (Lipinski definition) is 1. The van der Waals surface area contributed by atoms with Gasteiger partial charge in [0, 0.05) is 25.8 Å². The molecule has 1 unspecified atom stereocenters. The van der Waals surface area contributed by atoms with E-state index in [0.717, 1.165) is 17.7 Å². The molecule has 0 bridgehead atoms. The highest BCUT2D eigenvalue weighted by Gasteiger charge is 2.21. The Morgan fingerprint density at radius 2 is 2.00 bits per heavy atom. The van der Waals surface area contributed by atoms with Crippen molar-refractivity contribution in [2.45, 2.75) is 57.4 Å². The molecule has 1 aromatic rings. The number of hydrogen-bond acceptors (Lipinski definition) is 2. The molecule has 3 nitrogen and oxygen atoms in total. The molecule has 1 aromatic carbocycles. The van der Waals surface area contributed by atoms with Crippen molar-refractivity contribution in [2.75, 3.05) is 19.4 Å². The maximum Gasteiger partial charge on any atom is 0.229 e. The van der Waals surface area contributed by atoms with Crippen molar-refractivity contribution in [1.82, 2.24) is 4.90 Å². The van der Waals surface area contributed by atoms with Crippen LogP contribution in [0, 0.1) is 0 Å². The molecule has 1 amide bonds. The largest absolute Gasteiger partial charge is 0.382 e. The highest BCUT2D eigenvalue weighted by molar-refractivity contribution is 5.83. The van der Waals surface area contributed by atoms with Gasteiger partial charge in [-0.1, -0.05) is 38.3 Å². The van der Waals surface area contributed by atoms with Crippen molar-refractivity contribution in [3.8, 4) is 0 Å². The van der Waals surface area contributed by atoms with Crippen LogP contribution >= 0.6 is 0 Å². The Morgan fingerprint density at radius 3 is 2.62 bits per heavy atom. The molecule has 1 aliphatic carbocycles. The van der Waals surface area contributed by atoms with Crippen LogP contribution < -0.4 is 5.32 Å². The average molecular weight is 288 g/mol. The first-order chi connectivity index (χ1) is 10.1. The van der Waals surface area contributed by atoms with E-state index in [1.54, 1.807) is 4.90 Å². The molecule has 0 aromatic heterocycles. The fourth-order valence-corrected chi connectivity index (χ4v) is 3.19. The molecule has 1 atom stereocenters. The molecule has 1 aliphatic rings. The summed E-state index contributed by atoms with van der Waals surface area (Å²) >= 11 is 0. The van der Waals surface area contributed by atoms with E-state index in [0.29, 0.717) is 6.04 Å². The fraction of sp³-hybridized carbons (Fsp3) is 0.611. The highest BCUT2D eigenvalue weighted by atomic mass is 16.2. The summed E-state index contributed by atoms with van der Waals surface area (Å²) in [5, 5.41) is 3.64. The Morgan fingerprint density at radius 1 is 1.29 bits per heavy atom. The zero-order valence-electron chi connectivity index (χ0n) is 13.6. The smallest absolute Gasteiger partial charge is 0.229 e. The van der Waals surface area contributed by atoms with E-state index in [1.165, 1.54) is 32.1 Å². The summed E-state index contributed by atoms with van der Waals surface area (Å²) in [4.78, 5) is 14.0. The van der Waals surface area contributed by atoms with Gasteiger partial charge in [-0.15, -0.1) is 0 Å². The van der Waals surface area contributed by atoms with Crippen LogP contribution in [0.3, 0.4) is 0 Å². The quantitative estimate of drug-likeness (QED) is 0.887. The van der Waals surface area contributed by atoms with Gasteiger partial charge < -0.3 is 10.2 Å². The summed E-state index contributed by atoms with van der Waals surface area (Å²) in [7, 11) is 3.66. The first-order valence-corrected chi connectivity index (χ1v) is 8.19. The summed E-state index contributed by atoms with van der Waals surface area (Å²) in [5.41, 5.74) is 2.28. The third-order valence-electron chi connectivity index (χ3n) is 4.41. The standard InChI is InChI=1S/C18H28N2O/c1-4-17(18(21)20(2)3)14-9-8-12-16(13-14)19-15-10-6-5-7-11-15/h8-9,12-13,15,17,19H,4-7,10-11H2,1-3H3. The number of carbonyl (C=O) groups excluding carboxylic acids is 1. The number of nitrogens with one attached hydrogen (secondary N) is 1. The lowest BCUT2D eigenvalue weighted by Gasteiger charge is -2.25. The summed E-state index contributed by atoms with van der Waals surface area (Å²) in [5.74, 6) is 0.153. The van der Waals surface area contributed by atoms with Crippen LogP contribution in [0.4, 0.5) is 5.69 Å². The second-order valence-electron chi connectivity index (χ2n) is 6.30. The van der Waals surface area contributed by atoms with Crippen LogP contribution in [0.25, 0.3) is 0 Å². The van der Waals surface area contributed by atoms with Crippen LogP contribution in [-0.2, 0) is 4.79 Å². The molecule has 1 saturated carbocycles. The van der Waals surface area contributed by atoms with Gasteiger partial charge in [-0.05, 0) is 37.0 Å². The van der Waals surface area contributed by atoms with Crippen molar-refractivity contribution < 1.29 is 4.79 Å².